The van der Waals surface area contributed by atoms with E-state index in [1.54, 1.807) is 29.1 Å². The second-order valence-corrected chi connectivity index (χ2v) is 8.14. The Morgan fingerprint density at radius 3 is 2.97 bits per heavy atom. The fraction of sp³-hybridized carbons (Fsp3) is 0.261. The molecular weight excluding hydrogens is 414 g/mol. The van der Waals surface area contributed by atoms with Crippen molar-refractivity contribution in [3.8, 4) is 5.75 Å². The molecular formula is C23H22ClN5O2. The molecule has 158 valence electrons. The maximum atomic E-state index is 13.0. The summed E-state index contributed by atoms with van der Waals surface area (Å²) in [6, 6.07) is 16.9. The van der Waals surface area contributed by atoms with E-state index in [2.05, 4.69) is 10.1 Å². The molecule has 3 heterocycles. The van der Waals surface area contributed by atoms with Crippen LogP contribution < -0.4 is 4.74 Å². The minimum atomic E-state index is -0.0673. The van der Waals surface area contributed by atoms with Crippen molar-refractivity contribution in [2.45, 2.75) is 25.5 Å². The first-order chi connectivity index (χ1) is 15.2. The SMILES string of the molecule is O=C(c1ccn(COc2cccc(Cl)c2)n1)N1CCCC(c2nc3ccccc3[nH]2)C1. The minimum Gasteiger partial charge on any atom is -0.471 e. The maximum Gasteiger partial charge on any atom is 0.274 e. The lowest BCUT2D eigenvalue weighted by atomic mass is 9.97. The Labute approximate surface area is 184 Å². The fourth-order valence-corrected chi connectivity index (χ4v) is 4.14. The van der Waals surface area contributed by atoms with Crippen molar-refractivity contribution in [3.05, 3.63) is 77.3 Å². The zero-order valence-electron chi connectivity index (χ0n) is 16.9. The fourth-order valence-electron chi connectivity index (χ4n) is 3.96. The molecule has 31 heavy (non-hydrogen) atoms. The third-order valence-electron chi connectivity index (χ3n) is 5.52. The first-order valence-corrected chi connectivity index (χ1v) is 10.7. The van der Waals surface area contributed by atoms with Gasteiger partial charge in [0.25, 0.3) is 5.91 Å². The number of likely N-dealkylation sites (tertiary alicyclic amines) is 1. The van der Waals surface area contributed by atoms with Gasteiger partial charge in [-0.1, -0.05) is 29.8 Å². The summed E-state index contributed by atoms with van der Waals surface area (Å²) in [4.78, 5) is 23.0. The van der Waals surface area contributed by atoms with Crippen LogP contribution in [0.15, 0.2) is 60.8 Å². The number of halogens is 1. The number of rotatable bonds is 5. The lowest BCUT2D eigenvalue weighted by Gasteiger charge is -2.31. The number of ether oxygens (including phenoxy) is 1. The highest BCUT2D eigenvalue weighted by molar-refractivity contribution is 6.30. The molecule has 1 N–H and O–H groups in total. The quantitative estimate of drug-likeness (QED) is 0.501. The topological polar surface area (TPSA) is 76.0 Å². The number of carbonyl (C=O) groups excluding carboxylic acids is 1. The number of piperidine rings is 1. The van der Waals surface area contributed by atoms with Crippen molar-refractivity contribution < 1.29 is 9.53 Å². The molecule has 0 spiro atoms. The number of hydrogen-bond donors (Lipinski definition) is 1. The summed E-state index contributed by atoms with van der Waals surface area (Å²) >= 11 is 5.98. The van der Waals surface area contributed by atoms with Gasteiger partial charge in [-0.05, 0) is 49.2 Å². The predicted octanol–water partition coefficient (Wildman–Crippen LogP) is 4.47. The molecule has 1 fully saturated rings. The van der Waals surface area contributed by atoms with E-state index in [0.29, 0.717) is 23.0 Å². The number of imidazole rings is 1. The van der Waals surface area contributed by atoms with Gasteiger partial charge in [-0.15, -0.1) is 0 Å². The van der Waals surface area contributed by atoms with E-state index in [1.165, 1.54) is 0 Å². The van der Waals surface area contributed by atoms with Crippen molar-refractivity contribution in [2.75, 3.05) is 13.1 Å². The maximum absolute atomic E-state index is 13.0. The van der Waals surface area contributed by atoms with Crippen LogP contribution in [0, 0.1) is 0 Å². The zero-order chi connectivity index (χ0) is 21.2. The molecule has 2 aromatic carbocycles. The van der Waals surface area contributed by atoms with Gasteiger partial charge in [0.2, 0.25) is 0 Å². The molecule has 1 atom stereocenters. The highest BCUT2D eigenvalue weighted by atomic mass is 35.5. The van der Waals surface area contributed by atoms with Crippen LogP contribution >= 0.6 is 11.6 Å². The standard InChI is InChI=1S/C23H22ClN5O2/c24-17-6-3-7-18(13-17)31-15-29-12-10-21(27-29)23(30)28-11-4-5-16(14-28)22-25-19-8-1-2-9-20(19)26-22/h1-3,6-10,12-13,16H,4-5,11,14-15H2,(H,25,26). The molecule has 1 saturated heterocycles. The van der Waals surface area contributed by atoms with Gasteiger partial charge in [-0.2, -0.15) is 5.10 Å². The molecule has 4 aromatic rings. The van der Waals surface area contributed by atoms with E-state index in [-0.39, 0.29) is 18.6 Å². The van der Waals surface area contributed by atoms with Gasteiger partial charge >= 0.3 is 0 Å². The Morgan fingerprint density at radius 1 is 1.19 bits per heavy atom. The van der Waals surface area contributed by atoms with Crippen LogP contribution in [0.2, 0.25) is 5.02 Å². The Balaban J connectivity index is 1.24. The minimum absolute atomic E-state index is 0.0673. The molecule has 1 amide bonds. The van der Waals surface area contributed by atoms with Gasteiger partial charge in [0.15, 0.2) is 12.4 Å². The smallest absolute Gasteiger partial charge is 0.274 e. The largest absolute Gasteiger partial charge is 0.471 e. The average Bonchev–Trinajstić information content (AvgIpc) is 3.44. The second kappa shape index (κ2) is 8.43. The number of carbonyl (C=O) groups is 1. The third kappa shape index (κ3) is 4.27. The molecule has 5 rings (SSSR count). The van der Waals surface area contributed by atoms with Gasteiger partial charge in [0.05, 0.1) is 11.0 Å². The molecule has 1 aliphatic heterocycles. The normalized spacial score (nSPS) is 16.5. The Hall–Kier alpha value is -3.32. The summed E-state index contributed by atoms with van der Waals surface area (Å²) in [7, 11) is 0. The molecule has 8 heteroatoms. The first kappa shape index (κ1) is 19.6. The molecule has 0 bridgehead atoms. The van der Waals surface area contributed by atoms with Crippen LogP contribution in [0.4, 0.5) is 0 Å². The van der Waals surface area contributed by atoms with Crippen molar-refractivity contribution >= 4 is 28.5 Å². The van der Waals surface area contributed by atoms with Gasteiger partial charge in [0, 0.05) is 30.2 Å². The second-order valence-electron chi connectivity index (χ2n) is 7.70. The molecule has 0 radical (unpaired) electrons. The number of hydrogen-bond acceptors (Lipinski definition) is 4. The van der Waals surface area contributed by atoms with Crippen molar-refractivity contribution in [3.63, 3.8) is 0 Å². The predicted molar refractivity (Wildman–Crippen MR) is 118 cm³/mol. The summed E-state index contributed by atoms with van der Waals surface area (Å²) in [5, 5.41) is 5.01. The van der Waals surface area contributed by atoms with Gasteiger partial charge < -0.3 is 14.6 Å². The molecule has 0 aliphatic carbocycles. The van der Waals surface area contributed by atoms with Crippen molar-refractivity contribution in [1.29, 1.82) is 0 Å². The highest BCUT2D eigenvalue weighted by Gasteiger charge is 2.28. The molecule has 1 aliphatic rings. The number of nitrogens with one attached hydrogen (secondary N) is 1. The van der Waals surface area contributed by atoms with Crippen molar-refractivity contribution in [2.24, 2.45) is 0 Å². The third-order valence-corrected chi connectivity index (χ3v) is 5.76. The number of amides is 1. The number of nitrogens with zero attached hydrogens (tertiary/aromatic N) is 4. The Kier molecular flexibility index (Phi) is 5.34. The summed E-state index contributed by atoms with van der Waals surface area (Å²) < 4.78 is 7.30. The van der Waals surface area contributed by atoms with Crippen LogP contribution in [0.3, 0.4) is 0 Å². The van der Waals surface area contributed by atoms with E-state index in [9.17, 15) is 4.79 Å². The van der Waals surface area contributed by atoms with Crippen LogP contribution in [0.25, 0.3) is 11.0 Å². The van der Waals surface area contributed by atoms with E-state index >= 15 is 0 Å². The van der Waals surface area contributed by atoms with E-state index in [1.807, 2.05) is 41.3 Å². The van der Waals surface area contributed by atoms with Crippen LogP contribution in [-0.4, -0.2) is 43.6 Å². The Morgan fingerprint density at radius 2 is 2.10 bits per heavy atom. The summed E-state index contributed by atoms with van der Waals surface area (Å²) in [6.07, 6.45) is 3.69. The lowest BCUT2D eigenvalue weighted by Crippen LogP contribution is -2.39. The molecule has 0 saturated carbocycles. The monoisotopic (exact) mass is 435 g/mol. The zero-order valence-corrected chi connectivity index (χ0v) is 17.6. The molecule has 1 unspecified atom stereocenters. The first-order valence-electron chi connectivity index (χ1n) is 10.3. The lowest BCUT2D eigenvalue weighted by molar-refractivity contribution is 0.0697. The number of aromatic amines is 1. The van der Waals surface area contributed by atoms with E-state index < -0.39 is 0 Å². The van der Waals surface area contributed by atoms with Crippen LogP contribution in [-0.2, 0) is 6.73 Å². The van der Waals surface area contributed by atoms with E-state index in [4.69, 9.17) is 21.3 Å². The van der Waals surface area contributed by atoms with Crippen molar-refractivity contribution in [1.82, 2.24) is 24.6 Å². The van der Waals surface area contributed by atoms with Gasteiger partial charge in [-0.25, -0.2) is 9.67 Å². The number of benzene rings is 2. The number of H-pyrrole nitrogens is 1. The Bertz CT molecular complexity index is 1180. The highest BCUT2D eigenvalue weighted by Crippen LogP contribution is 2.27. The van der Waals surface area contributed by atoms with Crippen LogP contribution in [0.1, 0.15) is 35.1 Å². The number of para-hydroxylation sites is 2. The average molecular weight is 436 g/mol. The van der Waals surface area contributed by atoms with Gasteiger partial charge in [-0.3, -0.25) is 4.79 Å². The van der Waals surface area contributed by atoms with Gasteiger partial charge in [0.1, 0.15) is 11.6 Å². The molecule has 2 aromatic heterocycles. The molecule has 7 nitrogen and oxygen atoms in total. The summed E-state index contributed by atoms with van der Waals surface area (Å²) in [5.74, 6) is 1.72. The summed E-state index contributed by atoms with van der Waals surface area (Å²) in [6.45, 7) is 1.56. The summed E-state index contributed by atoms with van der Waals surface area (Å²) in [5.41, 5.74) is 2.40. The van der Waals surface area contributed by atoms with E-state index in [0.717, 1.165) is 36.2 Å². The van der Waals surface area contributed by atoms with Crippen LogP contribution in [0.5, 0.6) is 5.75 Å². The number of aromatic nitrogens is 4. The number of fused-ring (bicyclic) bond motifs is 1.